The highest BCUT2D eigenvalue weighted by Crippen LogP contribution is 2.28. The average Bonchev–Trinajstić information content (AvgIpc) is 2.81. The predicted molar refractivity (Wildman–Crippen MR) is 93.2 cm³/mol. The van der Waals surface area contributed by atoms with E-state index in [-0.39, 0.29) is 5.91 Å². The Kier molecular flexibility index (Phi) is 4.11. The molecule has 3 nitrogen and oxygen atoms in total. The van der Waals surface area contributed by atoms with Crippen LogP contribution in [0.1, 0.15) is 16.7 Å². The highest BCUT2D eigenvalue weighted by molar-refractivity contribution is 8.18. The third kappa shape index (κ3) is 3.46. The minimum atomic E-state index is -0.100. The summed E-state index contributed by atoms with van der Waals surface area (Å²) in [5.41, 5.74) is 4.21. The van der Waals surface area contributed by atoms with Crippen molar-refractivity contribution in [3.63, 3.8) is 0 Å². The molecule has 2 aromatic rings. The maximum absolute atomic E-state index is 12.0. The average molecular weight is 308 g/mol. The second-order valence-corrected chi connectivity index (χ2v) is 6.26. The van der Waals surface area contributed by atoms with Gasteiger partial charge in [-0.05, 0) is 54.9 Å². The highest BCUT2D eigenvalue weighted by atomic mass is 32.2. The number of carbonyl (C=O) groups is 1. The lowest BCUT2D eigenvalue weighted by molar-refractivity contribution is -0.115. The third-order valence-corrected chi connectivity index (χ3v) is 4.17. The van der Waals surface area contributed by atoms with E-state index in [0.717, 1.165) is 16.8 Å². The van der Waals surface area contributed by atoms with E-state index in [9.17, 15) is 4.79 Å². The van der Waals surface area contributed by atoms with Crippen LogP contribution < -0.4 is 5.32 Å². The SMILES string of the molecule is Cc1ccc(C=C2SC(=Nc3cccc(C)c3)NC2=O)cc1. The van der Waals surface area contributed by atoms with Crippen molar-refractivity contribution >= 4 is 34.6 Å². The maximum Gasteiger partial charge on any atom is 0.264 e. The van der Waals surface area contributed by atoms with Crippen LogP contribution in [-0.2, 0) is 4.79 Å². The van der Waals surface area contributed by atoms with Crippen LogP contribution in [0.3, 0.4) is 0 Å². The fourth-order valence-electron chi connectivity index (χ4n) is 2.11. The lowest BCUT2D eigenvalue weighted by Gasteiger charge is -1.97. The van der Waals surface area contributed by atoms with E-state index in [1.165, 1.54) is 17.3 Å². The molecule has 0 aromatic heterocycles. The summed E-state index contributed by atoms with van der Waals surface area (Å²) in [6.45, 7) is 4.06. The van der Waals surface area contributed by atoms with Crippen molar-refractivity contribution < 1.29 is 4.79 Å². The number of nitrogens with one attached hydrogen (secondary N) is 1. The molecule has 0 unspecified atom stereocenters. The number of rotatable bonds is 2. The van der Waals surface area contributed by atoms with Crippen LogP contribution in [0.5, 0.6) is 0 Å². The number of aliphatic imine (C=N–C) groups is 1. The number of thioether (sulfide) groups is 1. The molecule has 2 aromatic carbocycles. The Hall–Kier alpha value is -2.33. The monoisotopic (exact) mass is 308 g/mol. The van der Waals surface area contributed by atoms with Crippen LogP contribution in [0.4, 0.5) is 5.69 Å². The van der Waals surface area contributed by atoms with Gasteiger partial charge in [-0.1, -0.05) is 42.0 Å². The normalized spacial score (nSPS) is 18.0. The number of amidine groups is 1. The number of benzene rings is 2. The van der Waals surface area contributed by atoms with Crippen LogP contribution >= 0.6 is 11.8 Å². The third-order valence-electron chi connectivity index (χ3n) is 3.26. The molecule has 4 heteroatoms. The van der Waals surface area contributed by atoms with E-state index in [1.54, 1.807) is 0 Å². The first-order valence-corrected chi connectivity index (χ1v) is 7.85. The second kappa shape index (κ2) is 6.20. The topological polar surface area (TPSA) is 41.5 Å². The van der Waals surface area contributed by atoms with Crippen LogP contribution in [0, 0.1) is 13.8 Å². The smallest absolute Gasteiger partial charge is 0.264 e. The maximum atomic E-state index is 12.0. The fraction of sp³-hybridized carbons (Fsp3) is 0.111. The Morgan fingerprint density at radius 2 is 1.82 bits per heavy atom. The standard InChI is InChI=1S/C18H16N2OS/c1-12-6-8-14(9-7-12)11-16-17(21)20-18(22-16)19-15-5-3-4-13(2)10-15/h3-11H,1-2H3,(H,19,20,21). The van der Waals surface area contributed by atoms with Crippen molar-refractivity contribution in [1.29, 1.82) is 0 Å². The first-order chi connectivity index (χ1) is 10.6. The summed E-state index contributed by atoms with van der Waals surface area (Å²) in [5.74, 6) is -0.100. The summed E-state index contributed by atoms with van der Waals surface area (Å²) in [5, 5.41) is 3.43. The molecule has 22 heavy (non-hydrogen) atoms. The van der Waals surface area contributed by atoms with E-state index in [4.69, 9.17) is 0 Å². The van der Waals surface area contributed by atoms with Crippen molar-refractivity contribution in [3.05, 3.63) is 70.1 Å². The Bertz CT molecular complexity index is 776. The minimum absolute atomic E-state index is 0.100. The van der Waals surface area contributed by atoms with Crippen molar-refractivity contribution in [2.75, 3.05) is 0 Å². The number of nitrogens with zero attached hydrogens (tertiary/aromatic N) is 1. The number of amides is 1. The van der Waals surface area contributed by atoms with Crippen LogP contribution in [0.2, 0.25) is 0 Å². The van der Waals surface area contributed by atoms with E-state index in [1.807, 2.05) is 68.5 Å². The predicted octanol–water partition coefficient (Wildman–Crippen LogP) is 4.20. The lowest BCUT2D eigenvalue weighted by Crippen LogP contribution is -2.19. The summed E-state index contributed by atoms with van der Waals surface area (Å²) in [6.07, 6.45) is 1.89. The molecule has 3 rings (SSSR count). The molecular formula is C18H16N2OS. The quantitative estimate of drug-likeness (QED) is 0.845. The Balaban J connectivity index is 1.82. The van der Waals surface area contributed by atoms with Crippen LogP contribution in [0.15, 0.2) is 58.4 Å². The van der Waals surface area contributed by atoms with Crippen molar-refractivity contribution in [1.82, 2.24) is 5.32 Å². The zero-order valence-corrected chi connectivity index (χ0v) is 13.3. The van der Waals surface area contributed by atoms with Gasteiger partial charge < -0.3 is 5.32 Å². The van der Waals surface area contributed by atoms with Gasteiger partial charge in [-0.25, -0.2) is 4.99 Å². The molecule has 110 valence electrons. The molecule has 1 amide bonds. The highest BCUT2D eigenvalue weighted by Gasteiger charge is 2.23. The number of hydrogen-bond acceptors (Lipinski definition) is 3. The molecular weight excluding hydrogens is 292 g/mol. The Morgan fingerprint density at radius 1 is 1.05 bits per heavy atom. The molecule has 0 spiro atoms. The number of carbonyl (C=O) groups excluding carboxylic acids is 1. The van der Waals surface area contributed by atoms with E-state index >= 15 is 0 Å². The van der Waals surface area contributed by atoms with Crippen LogP contribution in [0.25, 0.3) is 6.08 Å². The van der Waals surface area contributed by atoms with Gasteiger partial charge in [0, 0.05) is 0 Å². The van der Waals surface area contributed by atoms with Gasteiger partial charge in [-0.2, -0.15) is 0 Å². The van der Waals surface area contributed by atoms with E-state index in [2.05, 4.69) is 10.3 Å². The Morgan fingerprint density at radius 3 is 2.55 bits per heavy atom. The minimum Gasteiger partial charge on any atom is -0.300 e. The molecule has 0 aliphatic carbocycles. The summed E-state index contributed by atoms with van der Waals surface area (Å²) in [7, 11) is 0. The van der Waals surface area contributed by atoms with Gasteiger partial charge in [0.25, 0.3) is 5.91 Å². The summed E-state index contributed by atoms with van der Waals surface area (Å²) < 4.78 is 0. The molecule has 1 aliphatic heterocycles. The van der Waals surface area contributed by atoms with Crippen molar-refractivity contribution in [2.24, 2.45) is 4.99 Å². The fourth-order valence-corrected chi connectivity index (χ4v) is 2.95. The molecule has 0 atom stereocenters. The molecule has 1 saturated heterocycles. The van der Waals surface area contributed by atoms with Crippen molar-refractivity contribution in [3.8, 4) is 0 Å². The van der Waals surface area contributed by atoms with Crippen LogP contribution in [-0.4, -0.2) is 11.1 Å². The van der Waals surface area contributed by atoms with Gasteiger partial charge in [0.05, 0.1) is 10.6 Å². The molecule has 0 radical (unpaired) electrons. The number of hydrogen-bond donors (Lipinski definition) is 1. The lowest BCUT2D eigenvalue weighted by atomic mass is 10.1. The van der Waals surface area contributed by atoms with E-state index in [0.29, 0.717) is 10.1 Å². The van der Waals surface area contributed by atoms with Gasteiger partial charge in [-0.3, -0.25) is 4.79 Å². The summed E-state index contributed by atoms with van der Waals surface area (Å²) in [4.78, 5) is 17.2. The zero-order chi connectivity index (χ0) is 15.5. The van der Waals surface area contributed by atoms with Crippen molar-refractivity contribution in [2.45, 2.75) is 13.8 Å². The molecule has 1 heterocycles. The van der Waals surface area contributed by atoms with Gasteiger partial charge in [0.15, 0.2) is 5.17 Å². The second-order valence-electron chi connectivity index (χ2n) is 5.23. The molecule has 1 aliphatic rings. The van der Waals surface area contributed by atoms with Gasteiger partial charge in [-0.15, -0.1) is 0 Å². The molecule has 0 saturated carbocycles. The van der Waals surface area contributed by atoms with E-state index < -0.39 is 0 Å². The van der Waals surface area contributed by atoms with Gasteiger partial charge in [0.2, 0.25) is 0 Å². The Labute approximate surface area is 134 Å². The summed E-state index contributed by atoms with van der Waals surface area (Å²) in [6, 6.07) is 16.0. The largest absolute Gasteiger partial charge is 0.300 e. The molecule has 1 N–H and O–H groups in total. The number of aryl methyl sites for hydroxylation is 2. The van der Waals surface area contributed by atoms with Gasteiger partial charge >= 0.3 is 0 Å². The molecule has 1 fully saturated rings. The zero-order valence-electron chi connectivity index (χ0n) is 12.5. The first kappa shape index (κ1) is 14.6. The van der Waals surface area contributed by atoms with Gasteiger partial charge in [0.1, 0.15) is 0 Å². The molecule has 0 bridgehead atoms. The summed E-state index contributed by atoms with van der Waals surface area (Å²) >= 11 is 1.37. The first-order valence-electron chi connectivity index (χ1n) is 7.03.